The van der Waals surface area contributed by atoms with Crippen LogP contribution in [0.2, 0.25) is 0 Å². The third-order valence-corrected chi connectivity index (χ3v) is 7.87. The molecule has 172 valence electrons. The minimum Gasteiger partial charge on any atom is -0.371 e. The molecule has 0 radical (unpaired) electrons. The number of carbonyl (C=O) groups is 2. The first-order valence-corrected chi connectivity index (χ1v) is 12.3. The largest absolute Gasteiger partial charge is 0.371 e. The second kappa shape index (κ2) is 10.1. The number of anilines is 2. The van der Waals surface area contributed by atoms with E-state index in [1.54, 1.807) is 26.0 Å². The highest BCUT2D eigenvalue weighted by atomic mass is 32.2. The minimum atomic E-state index is -3.64. The summed E-state index contributed by atoms with van der Waals surface area (Å²) in [5.74, 6) is -0.681. The van der Waals surface area contributed by atoms with Crippen molar-refractivity contribution in [3.63, 3.8) is 0 Å². The molecule has 32 heavy (non-hydrogen) atoms. The zero-order chi connectivity index (χ0) is 23.3. The lowest BCUT2D eigenvalue weighted by atomic mass is 9.96. The SMILES string of the molecule is CCN(CC)S(=O)(=O)c1cccc(C(=O)Nc2ccc(N3CCC(C(N)=O)CC3)cc2)c1. The third-order valence-electron chi connectivity index (χ3n) is 5.83. The van der Waals surface area contributed by atoms with E-state index in [2.05, 4.69) is 10.2 Å². The Hall–Kier alpha value is -2.91. The van der Waals surface area contributed by atoms with Crippen LogP contribution in [-0.4, -0.2) is 50.7 Å². The first-order valence-electron chi connectivity index (χ1n) is 10.8. The van der Waals surface area contributed by atoms with Crippen molar-refractivity contribution in [3.8, 4) is 0 Å². The lowest BCUT2D eigenvalue weighted by molar-refractivity contribution is -0.122. The summed E-state index contributed by atoms with van der Waals surface area (Å²) in [6.45, 7) is 5.80. The van der Waals surface area contributed by atoms with Crippen LogP contribution in [0.5, 0.6) is 0 Å². The van der Waals surface area contributed by atoms with Crippen molar-refractivity contribution in [1.29, 1.82) is 0 Å². The van der Waals surface area contributed by atoms with Gasteiger partial charge in [-0.1, -0.05) is 19.9 Å². The summed E-state index contributed by atoms with van der Waals surface area (Å²) in [5, 5.41) is 2.82. The lowest BCUT2D eigenvalue weighted by Gasteiger charge is -2.32. The summed E-state index contributed by atoms with van der Waals surface area (Å²) in [7, 11) is -3.64. The van der Waals surface area contributed by atoms with E-state index in [-0.39, 0.29) is 28.2 Å². The molecule has 9 heteroatoms. The van der Waals surface area contributed by atoms with Gasteiger partial charge in [0.2, 0.25) is 15.9 Å². The number of hydrogen-bond acceptors (Lipinski definition) is 5. The van der Waals surface area contributed by atoms with Gasteiger partial charge in [0.15, 0.2) is 0 Å². The van der Waals surface area contributed by atoms with Gasteiger partial charge in [0.05, 0.1) is 4.90 Å². The van der Waals surface area contributed by atoms with Gasteiger partial charge >= 0.3 is 0 Å². The van der Waals surface area contributed by atoms with Crippen LogP contribution in [0.25, 0.3) is 0 Å². The molecule has 1 aliphatic heterocycles. The molecule has 3 rings (SSSR count). The van der Waals surface area contributed by atoms with Crippen molar-refractivity contribution in [3.05, 3.63) is 54.1 Å². The Morgan fingerprint density at radius 2 is 1.69 bits per heavy atom. The van der Waals surface area contributed by atoms with Crippen LogP contribution in [0, 0.1) is 5.92 Å². The highest BCUT2D eigenvalue weighted by Crippen LogP contribution is 2.25. The molecule has 8 nitrogen and oxygen atoms in total. The highest BCUT2D eigenvalue weighted by Gasteiger charge is 2.24. The molecule has 1 aliphatic rings. The Kier molecular flexibility index (Phi) is 7.52. The maximum atomic E-state index is 12.7. The molecule has 0 aliphatic carbocycles. The topological polar surface area (TPSA) is 113 Å². The number of benzene rings is 2. The molecule has 1 saturated heterocycles. The molecular formula is C23H30N4O4S. The minimum absolute atomic E-state index is 0.0638. The van der Waals surface area contributed by atoms with E-state index >= 15 is 0 Å². The maximum absolute atomic E-state index is 12.7. The predicted octanol–water partition coefficient (Wildman–Crippen LogP) is 2.67. The predicted molar refractivity (Wildman–Crippen MR) is 125 cm³/mol. The molecular weight excluding hydrogens is 428 g/mol. The maximum Gasteiger partial charge on any atom is 0.255 e. The van der Waals surface area contributed by atoms with Gasteiger partial charge in [-0.25, -0.2) is 8.42 Å². The average molecular weight is 459 g/mol. The van der Waals surface area contributed by atoms with Gasteiger partial charge in [-0.2, -0.15) is 4.31 Å². The first-order chi connectivity index (χ1) is 15.3. The Balaban J connectivity index is 1.67. The van der Waals surface area contributed by atoms with Crippen molar-refractivity contribution >= 4 is 33.2 Å². The van der Waals surface area contributed by atoms with Gasteiger partial charge < -0.3 is 16.0 Å². The fraction of sp³-hybridized carbons (Fsp3) is 0.391. The number of nitrogens with one attached hydrogen (secondary N) is 1. The van der Waals surface area contributed by atoms with Crippen LogP contribution in [-0.2, 0) is 14.8 Å². The molecule has 0 saturated carbocycles. The van der Waals surface area contributed by atoms with Crippen LogP contribution < -0.4 is 16.0 Å². The van der Waals surface area contributed by atoms with Gasteiger partial charge in [-0.05, 0) is 55.3 Å². The van der Waals surface area contributed by atoms with E-state index < -0.39 is 10.0 Å². The normalized spacial score (nSPS) is 15.0. The number of piperidine rings is 1. The van der Waals surface area contributed by atoms with Crippen molar-refractivity contribution in [2.75, 3.05) is 36.4 Å². The molecule has 3 N–H and O–H groups in total. The summed E-state index contributed by atoms with van der Waals surface area (Å²) in [5.41, 5.74) is 7.29. The fourth-order valence-corrected chi connectivity index (χ4v) is 5.40. The van der Waals surface area contributed by atoms with Gasteiger partial charge in [0.1, 0.15) is 0 Å². The number of rotatable bonds is 8. The summed E-state index contributed by atoms with van der Waals surface area (Å²) in [6, 6.07) is 13.5. The second-order valence-electron chi connectivity index (χ2n) is 7.78. The van der Waals surface area contributed by atoms with Gasteiger partial charge in [0, 0.05) is 49.0 Å². The van der Waals surface area contributed by atoms with Crippen molar-refractivity contribution < 1.29 is 18.0 Å². The highest BCUT2D eigenvalue weighted by molar-refractivity contribution is 7.89. The van der Waals surface area contributed by atoms with Crippen molar-refractivity contribution in [1.82, 2.24) is 4.31 Å². The van der Waals surface area contributed by atoms with Crippen LogP contribution in [0.3, 0.4) is 0 Å². The molecule has 0 aromatic heterocycles. The summed E-state index contributed by atoms with van der Waals surface area (Å²) < 4.78 is 26.8. The Labute approximate surface area is 189 Å². The number of sulfonamides is 1. The first kappa shape index (κ1) is 23.7. The van der Waals surface area contributed by atoms with Gasteiger partial charge in [0.25, 0.3) is 5.91 Å². The molecule has 0 bridgehead atoms. The quantitative estimate of drug-likeness (QED) is 0.631. The smallest absolute Gasteiger partial charge is 0.255 e. The summed E-state index contributed by atoms with van der Waals surface area (Å²) in [6.07, 6.45) is 1.47. The molecule has 0 spiro atoms. The number of carbonyl (C=O) groups excluding carboxylic acids is 2. The molecule has 2 amide bonds. The number of nitrogens with two attached hydrogens (primary N) is 1. The monoisotopic (exact) mass is 458 g/mol. The molecule has 1 fully saturated rings. The van der Waals surface area contributed by atoms with Gasteiger partial charge in [-0.15, -0.1) is 0 Å². The third kappa shape index (κ3) is 5.28. The van der Waals surface area contributed by atoms with Crippen LogP contribution in [0.4, 0.5) is 11.4 Å². The van der Waals surface area contributed by atoms with Crippen molar-refractivity contribution in [2.24, 2.45) is 11.7 Å². The molecule has 2 aromatic rings. The Bertz CT molecular complexity index is 1060. The molecule has 0 unspecified atom stereocenters. The van der Waals surface area contributed by atoms with E-state index in [0.29, 0.717) is 18.8 Å². The zero-order valence-corrected chi connectivity index (χ0v) is 19.3. The average Bonchev–Trinajstić information content (AvgIpc) is 2.80. The molecule has 0 atom stereocenters. The van der Waals surface area contributed by atoms with Crippen molar-refractivity contribution in [2.45, 2.75) is 31.6 Å². The van der Waals surface area contributed by atoms with Gasteiger partial charge in [-0.3, -0.25) is 9.59 Å². The standard InChI is InChI=1S/C23H30N4O4S/c1-3-27(4-2)32(30,31)21-7-5-6-18(16-21)23(29)25-19-8-10-20(11-9-19)26-14-12-17(13-15-26)22(24)28/h5-11,16-17H,3-4,12-15H2,1-2H3,(H2,24,28)(H,25,29). The van der Waals surface area contributed by atoms with E-state index in [1.165, 1.54) is 16.4 Å². The van der Waals surface area contributed by atoms with E-state index in [4.69, 9.17) is 5.73 Å². The summed E-state index contributed by atoms with van der Waals surface area (Å²) >= 11 is 0. The molecule has 2 aromatic carbocycles. The number of nitrogens with zero attached hydrogens (tertiary/aromatic N) is 2. The van der Waals surface area contributed by atoms with Crippen LogP contribution in [0.15, 0.2) is 53.4 Å². The van der Waals surface area contributed by atoms with E-state index in [1.807, 2.05) is 24.3 Å². The Morgan fingerprint density at radius 1 is 1.06 bits per heavy atom. The number of amides is 2. The zero-order valence-electron chi connectivity index (χ0n) is 18.5. The number of primary amides is 1. The Morgan fingerprint density at radius 3 is 2.25 bits per heavy atom. The van der Waals surface area contributed by atoms with Crippen LogP contribution >= 0.6 is 0 Å². The molecule has 1 heterocycles. The second-order valence-corrected chi connectivity index (χ2v) is 9.72. The van der Waals surface area contributed by atoms with E-state index in [9.17, 15) is 18.0 Å². The van der Waals surface area contributed by atoms with Crippen LogP contribution in [0.1, 0.15) is 37.0 Å². The lowest BCUT2D eigenvalue weighted by Crippen LogP contribution is -2.38. The number of hydrogen-bond donors (Lipinski definition) is 2. The fourth-order valence-electron chi connectivity index (χ4n) is 3.89. The summed E-state index contributed by atoms with van der Waals surface area (Å²) in [4.78, 5) is 26.3. The van der Waals surface area contributed by atoms with E-state index in [0.717, 1.165) is 31.6 Å².